The lowest BCUT2D eigenvalue weighted by molar-refractivity contribution is 0.141. The third-order valence-electron chi connectivity index (χ3n) is 4.03. The second-order valence-corrected chi connectivity index (χ2v) is 6.26. The van der Waals surface area contributed by atoms with Crippen molar-refractivity contribution in [2.45, 2.75) is 95.8 Å². The molecule has 0 bridgehead atoms. The Bertz CT molecular complexity index is 259. The molecular formula is C18H37NO3. The first kappa shape index (κ1) is 21.6. The van der Waals surface area contributed by atoms with Crippen LogP contribution < -0.4 is 5.73 Å². The Morgan fingerprint density at radius 1 is 0.818 bits per heavy atom. The highest BCUT2D eigenvalue weighted by Gasteiger charge is 2.10. The van der Waals surface area contributed by atoms with Gasteiger partial charge >= 0.3 is 0 Å². The van der Waals surface area contributed by atoms with Crippen LogP contribution in [0.2, 0.25) is 0 Å². The smallest absolute Gasteiger partial charge is 0.0895 e. The molecule has 0 aliphatic rings. The van der Waals surface area contributed by atoms with Gasteiger partial charge in [0.15, 0.2) is 0 Å². The number of rotatable bonds is 15. The Kier molecular flexibility index (Phi) is 15.2. The minimum Gasteiger partial charge on any atom is -0.395 e. The summed E-state index contributed by atoms with van der Waals surface area (Å²) in [6, 6.07) is -0.680. The van der Waals surface area contributed by atoms with E-state index in [4.69, 9.17) is 10.8 Å². The van der Waals surface area contributed by atoms with Crippen molar-refractivity contribution >= 4 is 0 Å². The summed E-state index contributed by atoms with van der Waals surface area (Å²) < 4.78 is 0. The van der Waals surface area contributed by atoms with E-state index in [1.165, 1.54) is 57.4 Å². The molecule has 0 amide bonds. The van der Waals surface area contributed by atoms with Crippen LogP contribution >= 0.6 is 0 Å². The van der Waals surface area contributed by atoms with Gasteiger partial charge in [-0.25, -0.2) is 0 Å². The van der Waals surface area contributed by atoms with Crippen LogP contribution in [-0.2, 0) is 0 Å². The Hall–Kier alpha value is -0.420. The van der Waals surface area contributed by atoms with Crippen molar-refractivity contribution in [2.75, 3.05) is 6.61 Å². The van der Waals surface area contributed by atoms with Gasteiger partial charge in [-0.15, -0.1) is 0 Å². The van der Waals surface area contributed by atoms with Crippen molar-refractivity contribution in [1.29, 1.82) is 0 Å². The van der Waals surface area contributed by atoms with Gasteiger partial charge in [-0.1, -0.05) is 83.3 Å². The first-order chi connectivity index (χ1) is 10.6. The van der Waals surface area contributed by atoms with Crippen LogP contribution in [0.15, 0.2) is 12.2 Å². The van der Waals surface area contributed by atoms with Gasteiger partial charge in [-0.2, -0.15) is 0 Å². The minimum atomic E-state index is -0.896. The molecule has 0 aliphatic carbocycles. The lowest BCUT2D eigenvalue weighted by atomic mass is 10.0. The van der Waals surface area contributed by atoms with Crippen LogP contribution in [0.4, 0.5) is 0 Å². The van der Waals surface area contributed by atoms with E-state index < -0.39 is 18.2 Å². The summed E-state index contributed by atoms with van der Waals surface area (Å²) in [6.45, 7) is 1.98. The molecule has 0 aromatic carbocycles. The first-order valence-electron chi connectivity index (χ1n) is 9.02. The molecule has 22 heavy (non-hydrogen) atoms. The van der Waals surface area contributed by atoms with Crippen molar-refractivity contribution < 1.29 is 15.3 Å². The zero-order valence-electron chi connectivity index (χ0n) is 14.3. The SMILES string of the molecule is CCCCCCCCCCCC[C@H](O)/C=C/[C@@H](O)[C@@H](N)CO. The van der Waals surface area contributed by atoms with E-state index in [9.17, 15) is 10.2 Å². The number of hydrogen-bond donors (Lipinski definition) is 4. The molecule has 0 saturated carbocycles. The summed E-state index contributed by atoms with van der Waals surface area (Å²) in [4.78, 5) is 0. The molecular weight excluding hydrogens is 278 g/mol. The van der Waals surface area contributed by atoms with Crippen LogP contribution in [0.25, 0.3) is 0 Å². The van der Waals surface area contributed by atoms with Crippen LogP contribution in [0.3, 0.4) is 0 Å². The Morgan fingerprint density at radius 2 is 1.32 bits per heavy atom. The Morgan fingerprint density at radius 3 is 1.82 bits per heavy atom. The van der Waals surface area contributed by atoms with Gasteiger partial charge in [-0.3, -0.25) is 0 Å². The van der Waals surface area contributed by atoms with Crippen molar-refractivity contribution in [3.63, 3.8) is 0 Å². The molecule has 0 radical (unpaired) electrons. The molecule has 5 N–H and O–H groups in total. The van der Waals surface area contributed by atoms with Gasteiger partial charge in [0.1, 0.15) is 0 Å². The van der Waals surface area contributed by atoms with Crippen LogP contribution in [0.1, 0.15) is 77.6 Å². The number of nitrogens with two attached hydrogens (primary N) is 1. The van der Waals surface area contributed by atoms with Gasteiger partial charge in [0.05, 0.1) is 24.9 Å². The molecule has 0 aliphatic heterocycles. The average molecular weight is 315 g/mol. The summed E-state index contributed by atoms with van der Waals surface area (Å²) in [5, 5.41) is 28.1. The quantitative estimate of drug-likeness (QED) is 0.276. The fourth-order valence-electron chi connectivity index (χ4n) is 2.43. The number of aliphatic hydroxyl groups is 3. The van der Waals surface area contributed by atoms with Gasteiger partial charge < -0.3 is 21.1 Å². The van der Waals surface area contributed by atoms with Crippen LogP contribution in [0, 0.1) is 0 Å². The van der Waals surface area contributed by atoms with Gasteiger partial charge in [-0.05, 0) is 6.42 Å². The highest BCUT2D eigenvalue weighted by atomic mass is 16.3. The van der Waals surface area contributed by atoms with Crippen molar-refractivity contribution in [2.24, 2.45) is 5.73 Å². The second kappa shape index (κ2) is 15.5. The third kappa shape index (κ3) is 13.3. The number of aliphatic hydroxyl groups excluding tert-OH is 3. The lowest BCUT2D eigenvalue weighted by Gasteiger charge is -2.13. The molecule has 0 spiro atoms. The molecule has 0 heterocycles. The molecule has 0 unspecified atom stereocenters. The maximum atomic E-state index is 9.77. The van der Waals surface area contributed by atoms with E-state index >= 15 is 0 Å². The normalized spacial score (nSPS) is 16.0. The third-order valence-corrected chi connectivity index (χ3v) is 4.03. The fraction of sp³-hybridized carbons (Fsp3) is 0.889. The molecule has 0 aromatic rings. The standard InChI is InChI=1S/C18H37NO3/c1-2-3-4-5-6-7-8-9-10-11-12-16(21)13-14-18(22)17(19)15-20/h13-14,16-18,20-22H,2-12,15,19H2,1H3/b14-13+/t16-,17-,18+/m0/s1. The lowest BCUT2D eigenvalue weighted by Crippen LogP contribution is -2.36. The summed E-state index contributed by atoms with van der Waals surface area (Å²) >= 11 is 0. The van der Waals surface area contributed by atoms with Gasteiger partial charge in [0, 0.05) is 0 Å². The predicted octanol–water partition coefficient (Wildman–Crippen LogP) is 2.90. The summed E-state index contributed by atoms with van der Waals surface area (Å²) in [5.41, 5.74) is 5.48. The van der Waals surface area contributed by atoms with Crippen molar-refractivity contribution in [3.05, 3.63) is 12.2 Å². The summed E-state index contributed by atoms with van der Waals surface area (Å²) in [6.07, 6.45) is 15.1. The first-order valence-corrected chi connectivity index (χ1v) is 9.02. The average Bonchev–Trinajstić information content (AvgIpc) is 2.53. The van der Waals surface area contributed by atoms with E-state index in [-0.39, 0.29) is 6.61 Å². The Balaban J connectivity index is 3.42. The molecule has 3 atom stereocenters. The van der Waals surface area contributed by atoms with Crippen molar-refractivity contribution in [1.82, 2.24) is 0 Å². The van der Waals surface area contributed by atoms with Gasteiger partial charge in [0.25, 0.3) is 0 Å². The van der Waals surface area contributed by atoms with Gasteiger partial charge in [0.2, 0.25) is 0 Å². The van der Waals surface area contributed by atoms with E-state index in [1.807, 2.05) is 0 Å². The zero-order valence-corrected chi connectivity index (χ0v) is 14.3. The largest absolute Gasteiger partial charge is 0.395 e. The maximum absolute atomic E-state index is 9.77. The maximum Gasteiger partial charge on any atom is 0.0895 e. The zero-order chi connectivity index (χ0) is 16.6. The van der Waals surface area contributed by atoms with Crippen molar-refractivity contribution in [3.8, 4) is 0 Å². The molecule has 0 rings (SSSR count). The fourth-order valence-corrected chi connectivity index (χ4v) is 2.43. The monoisotopic (exact) mass is 315 g/mol. The summed E-state index contributed by atoms with van der Waals surface area (Å²) in [7, 11) is 0. The van der Waals surface area contributed by atoms with E-state index in [1.54, 1.807) is 6.08 Å². The predicted molar refractivity (Wildman–Crippen MR) is 92.7 cm³/mol. The van der Waals surface area contributed by atoms with E-state index in [0.717, 1.165) is 12.8 Å². The topological polar surface area (TPSA) is 86.7 Å². The molecule has 0 saturated heterocycles. The molecule has 0 aromatic heterocycles. The molecule has 132 valence electrons. The number of hydrogen-bond acceptors (Lipinski definition) is 4. The van der Waals surface area contributed by atoms with Crippen LogP contribution in [-0.4, -0.2) is 40.2 Å². The highest BCUT2D eigenvalue weighted by molar-refractivity contribution is 4.97. The van der Waals surface area contributed by atoms with E-state index in [0.29, 0.717) is 6.42 Å². The molecule has 4 heteroatoms. The highest BCUT2D eigenvalue weighted by Crippen LogP contribution is 2.12. The van der Waals surface area contributed by atoms with E-state index in [2.05, 4.69) is 6.92 Å². The minimum absolute atomic E-state index is 0.264. The molecule has 0 fully saturated rings. The second-order valence-electron chi connectivity index (χ2n) is 6.26. The number of unbranched alkanes of at least 4 members (excludes halogenated alkanes) is 9. The summed E-state index contributed by atoms with van der Waals surface area (Å²) in [5.74, 6) is 0. The van der Waals surface area contributed by atoms with Crippen LogP contribution in [0.5, 0.6) is 0 Å². The Labute approximate surface area is 136 Å². The molecule has 4 nitrogen and oxygen atoms in total.